The van der Waals surface area contributed by atoms with Crippen molar-refractivity contribution < 1.29 is 40.6 Å². The fraction of sp³-hybridized carbons (Fsp3) is 0.588. The number of ether oxygens (including phenoxy) is 1. The molecule has 0 aromatic carbocycles. The van der Waals surface area contributed by atoms with E-state index in [9.17, 15) is 31.4 Å². The highest BCUT2D eigenvalue weighted by Gasteiger charge is 2.58. The quantitative estimate of drug-likeness (QED) is 0.591. The molecule has 7 nitrogen and oxygen atoms in total. The lowest BCUT2D eigenvalue weighted by Crippen LogP contribution is -2.42. The van der Waals surface area contributed by atoms with Gasteiger partial charge >= 0.3 is 12.4 Å². The van der Waals surface area contributed by atoms with Gasteiger partial charge in [-0.15, -0.1) is 10.2 Å². The third-order valence-electron chi connectivity index (χ3n) is 4.73. The lowest BCUT2D eigenvalue weighted by molar-refractivity contribution is -0.277. The molecule has 0 radical (unpaired) electrons. The van der Waals surface area contributed by atoms with Crippen molar-refractivity contribution in [1.82, 2.24) is 15.2 Å². The van der Waals surface area contributed by atoms with Crippen molar-refractivity contribution in [2.24, 2.45) is 0 Å². The van der Waals surface area contributed by atoms with Crippen LogP contribution < -0.4 is 10.5 Å². The van der Waals surface area contributed by atoms with Gasteiger partial charge in [-0.2, -0.15) is 26.3 Å². The molecule has 2 unspecified atom stereocenters. The van der Waals surface area contributed by atoms with E-state index >= 15 is 0 Å². The van der Waals surface area contributed by atoms with E-state index in [4.69, 9.17) is 14.9 Å². The second kappa shape index (κ2) is 7.60. The predicted octanol–water partition coefficient (Wildman–Crippen LogP) is 4.21. The summed E-state index contributed by atoms with van der Waals surface area (Å²) < 4.78 is 91.1. The lowest BCUT2D eigenvalue weighted by Gasteiger charge is -2.27. The Hall–Kier alpha value is -2.57. The number of pyridine rings is 1. The molecule has 0 spiro atoms. The molecule has 0 aliphatic carbocycles. The van der Waals surface area contributed by atoms with E-state index in [1.54, 1.807) is 0 Å². The third-order valence-corrected chi connectivity index (χ3v) is 4.73. The van der Waals surface area contributed by atoms with E-state index in [-0.39, 0.29) is 19.3 Å². The number of aromatic nitrogens is 3. The lowest BCUT2D eigenvalue weighted by atomic mass is 9.94. The Bertz CT molecular complexity index is 914. The topological polar surface area (TPSA) is 107 Å². The van der Waals surface area contributed by atoms with E-state index in [1.165, 1.54) is 6.92 Å². The number of fused-ring (bicyclic) bond motifs is 5. The number of aliphatic hydroxyl groups is 1. The molecule has 1 aliphatic rings. The third kappa shape index (κ3) is 4.16. The molecule has 3 rings (SSSR count). The molecule has 3 N–H and O–H groups in total. The predicted molar refractivity (Wildman–Crippen MR) is 90.1 cm³/mol. The standard InChI is InChI=1S/C17H18F6N4O3/c1-8-5-3-2-4-6-15(28,17(21,22)23)14-27-26-13(30-14)11-10(24)7-9(16(18,19)20)12(25-11)29-8/h7-8,28H,2-6,24H2,1H3. The number of alkyl halides is 6. The maximum Gasteiger partial charge on any atom is 0.426 e. The van der Waals surface area contributed by atoms with Crippen LogP contribution in [-0.2, 0) is 11.8 Å². The molecule has 2 aromatic rings. The summed E-state index contributed by atoms with van der Waals surface area (Å²) in [6.07, 6.45) is -10.5. The highest BCUT2D eigenvalue weighted by Crippen LogP contribution is 2.44. The maximum atomic E-state index is 13.5. The highest BCUT2D eigenvalue weighted by molar-refractivity contribution is 5.68. The zero-order valence-electron chi connectivity index (χ0n) is 15.6. The van der Waals surface area contributed by atoms with Gasteiger partial charge in [0, 0.05) is 0 Å². The summed E-state index contributed by atoms with van der Waals surface area (Å²) in [6, 6.07) is 0.538. The molecule has 0 saturated carbocycles. The second-order valence-electron chi connectivity index (χ2n) is 7.07. The van der Waals surface area contributed by atoms with Gasteiger partial charge in [-0.3, -0.25) is 0 Å². The van der Waals surface area contributed by atoms with Crippen LogP contribution in [0.4, 0.5) is 32.0 Å². The molecule has 0 saturated heterocycles. The van der Waals surface area contributed by atoms with Crippen LogP contribution in [0, 0.1) is 0 Å². The molecular weight excluding hydrogens is 422 g/mol. The van der Waals surface area contributed by atoms with Crippen molar-refractivity contribution in [3.63, 3.8) is 0 Å². The van der Waals surface area contributed by atoms with Gasteiger partial charge in [-0.05, 0) is 38.7 Å². The van der Waals surface area contributed by atoms with Crippen molar-refractivity contribution in [3.05, 3.63) is 17.5 Å². The van der Waals surface area contributed by atoms with Gasteiger partial charge in [0.15, 0.2) is 5.69 Å². The highest BCUT2D eigenvalue weighted by atomic mass is 19.4. The number of anilines is 1. The van der Waals surface area contributed by atoms with E-state index in [1.807, 2.05) is 0 Å². The Morgan fingerprint density at radius 2 is 1.83 bits per heavy atom. The monoisotopic (exact) mass is 440 g/mol. The van der Waals surface area contributed by atoms with Crippen molar-refractivity contribution >= 4 is 5.69 Å². The van der Waals surface area contributed by atoms with Crippen LogP contribution in [-0.4, -0.2) is 32.6 Å². The molecule has 4 bridgehead atoms. The number of halogens is 6. The SMILES string of the molecule is CC1CCCCCC(O)(C(F)(F)F)c2nnc(o2)-c2nc(c(C(F)(F)F)cc2N)O1. The Balaban J connectivity index is 2.17. The first-order valence-corrected chi connectivity index (χ1v) is 9.01. The number of rotatable bonds is 0. The molecule has 2 atom stereocenters. The number of hydrogen-bond acceptors (Lipinski definition) is 7. The number of nitrogen functional groups attached to an aromatic ring is 1. The number of nitrogens with two attached hydrogens (primary N) is 1. The molecule has 2 aromatic heterocycles. The van der Waals surface area contributed by atoms with Gasteiger partial charge in [-0.1, -0.05) is 6.42 Å². The van der Waals surface area contributed by atoms with Gasteiger partial charge in [0.25, 0.3) is 11.8 Å². The Labute approximate surface area is 166 Å². The van der Waals surface area contributed by atoms with E-state index < -0.39 is 65.1 Å². The summed E-state index contributed by atoms with van der Waals surface area (Å²) in [5.74, 6) is -2.62. The van der Waals surface area contributed by atoms with Crippen LogP contribution in [0.2, 0.25) is 0 Å². The maximum absolute atomic E-state index is 13.5. The zero-order chi connectivity index (χ0) is 22.3. The summed E-state index contributed by atoms with van der Waals surface area (Å²) >= 11 is 0. The van der Waals surface area contributed by atoms with Crippen LogP contribution in [0.3, 0.4) is 0 Å². The van der Waals surface area contributed by atoms with Gasteiger partial charge in [-0.25, -0.2) is 4.98 Å². The van der Waals surface area contributed by atoms with Gasteiger partial charge in [0.1, 0.15) is 5.56 Å². The summed E-state index contributed by atoms with van der Waals surface area (Å²) in [4.78, 5) is 3.71. The minimum absolute atomic E-state index is 0.0417. The van der Waals surface area contributed by atoms with Gasteiger partial charge in [0.2, 0.25) is 11.5 Å². The fourth-order valence-corrected chi connectivity index (χ4v) is 3.07. The van der Waals surface area contributed by atoms with Gasteiger partial charge < -0.3 is 20.0 Å². The zero-order valence-corrected chi connectivity index (χ0v) is 15.6. The Morgan fingerprint density at radius 1 is 1.13 bits per heavy atom. The number of nitrogens with zero attached hydrogens (tertiary/aromatic N) is 3. The minimum Gasteiger partial charge on any atom is -0.474 e. The van der Waals surface area contributed by atoms with Crippen molar-refractivity contribution in [3.8, 4) is 17.5 Å². The Kier molecular flexibility index (Phi) is 5.60. The van der Waals surface area contributed by atoms with E-state index in [0.717, 1.165) is 0 Å². The summed E-state index contributed by atoms with van der Waals surface area (Å²) in [5, 5.41) is 16.9. The van der Waals surface area contributed by atoms with Gasteiger partial charge in [0.05, 0.1) is 11.8 Å². The first-order chi connectivity index (χ1) is 13.8. The van der Waals surface area contributed by atoms with Crippen LogP contribution in [0.5, 0.6) is 5.88 Å². The van der Waals surface area contributed by atoms with Crippen molar-refractivity contribution in [2.75, 3.05) is 5.73 Å². The van der Waals surface area contributed by atoms with Crippen LogP contribution in [0.1, 0.15) is 50.5 Å². The molecule has 1 aliphatic heterocycles. The first-order valence-electron chi connectivity index (χ1n) is 9.01. The van der Waals surface area contributed by atoms with E-state index in [0.29, 0.717) is 12.5 Å². The summed E-state index contributed by atoms with van der Waals surface area (Å²) in [6.45, 7) is 1.51. The smallest absolute Gasteiger partial charge is 0.426 e. The first kappa shape index (κ1) is 22.1. The molecule has 13 heteroatoms. The largest absolute Gasteiger partial charge is 0.474 e. The molecule has 166 valence electrons. The fourth-order valence-electron chi connectivity index (χ4n) is 3.07. The second-order valence-corrected chi connectivity index (χ2v) is 7.07. The normalized spacial score (nSPS) is 23.5. The van der Waals surface area contributed by atoms with Crippen molar-refractivity contribution in [1.29, 1.82) is 0 Å². The van der Waals surface area contributed by atoms with Crippen LogP contribution in [0.15, 0.2) is 10.5 Å². The molecule has 3 heterocycles. The number of hydrogen-bond donors (Lipinski definition) is 2. The summed E-state index contributed by atoms with van der Waals surface area (Å²) in [5.41, 5.74) is -0.0609. The average Bonchev–Trinajstić information content (AvgIpc) is 3.10. The van der Waals surface area contributed by atoms with Crippen molar-refractivity contribution in [2.45, 2.75) is 63.1 Å². The molecular formula is C17H18F6N4O3. The molecule has 0 amide bonds. The Morgan fingerprint density at radius 3 is 2.47 bits per heavy atom. The molecule has 30 heavy (non-hydrogen) atoms. The summed E-state index contributed by atoms with van der Waals surface area (Å²) in [7, 11) is 0. The van der Waals surface area contributed by atoms with E-state index in [2.05, 4.69) is 15.2 Å². The molecule has 0 fully saturated rings. The van der Waals surface area contributed by atoms with Crippen LogP contribution >= 0.6 is 0 Å². The van der Waals surface area contributed by atoms with Crippen LogP contribution in [0.25, 0.3) is 11.6 Å². The minimum atomic E-state index is -5.12. The average molecular weight is 440 g/mol.